The van der Waals surface area contributed by atoms with E-state index in [0.29, 0.717) is 6.54 Å². The van der Waals surface area contributed by atoms with Crippen molar-refractivity contribution in [1.29, 1.82) is 0 Å². The quantitative estimate of drug-likeness (QED) is 0.490. The number of nitrogens with zero attached hydrogens (tertiary/aromatic N) is 3. The SMILES string of the molecule is CCn1ncnc1C(=O)C(=O)O. The van der Waals surface area contributed by atoms with Crippen LogP contribution in [0.3, 0.4) is 0 Å². The normalized spacial score (nSPS) is 9.75. The van der Waals surface area contributed by atoms with E-state index in [0.717, 1.165) is 6.33 Å². The number of carboxylic acid groups (broad SMARTS) is 1. The first-order valence-corrected chi connectivity index (χ1v) is 3.32. The Hall–Kier alpha value is -1.72. The fourth-order valence-electron chi connectivity index (χ4n) is 0.767. The Morgan fingerprint density at radius 3 is 2.83 bits per heavy atom. The van der Waals surface area contributed by atoms with E-state index in [4.69, 9.17) is 5.11 Å². The van der Waals surface area contributed by atoms with Crippen LogP contribution in [-0.4, -0.2) is 31.6 Å². The van der Waals surface area contributed by atoms with E-state index in [9.17, 15) is 9.59 Å². The second kappa shape index (κ2) is 3.12. The number of carbonyl (C=O) groups is 2. The number of carboxylic acids is 1. The maximum atomic E-state index is 10.9. The number of rotatable bonds is 3. The van der Waals surface area contributed by atoms with Crippen LogP contribution in [0.1, 0.15) is 17.5 Å². The lowest BCUT2D eigenvalue weighted by atomic mass is 10.4. The molecule has 0 saturated heterocycles. The molecule has 0 saturated carbocycles. The minimum atomic E-state index is -1.52. The Morgan fingerprint density at radius 2 is 2.33 bits per heavy atom. The largest absolute Gasteiger partial charge is 0.475 e. The van der Waals surface area contributed by atoms with Crippen LogP contribution < -0.4 is 0 Å². The summed E-state index contributed by atoms with van der Waals surface area (Å²) >= 11 is 0. The van der Waals surface area contributed by atoms with Gasteiger partial charge < -0.3 is 5.11 Å². The summed E-state index contributed by atoms with van der Waals surface area (Å²) in [5.41, 5.74) is 0. The molecule has 6 heteroatoms. The first kappa shape index (κ1) is 8.38. The zero-order valence-corrected chi connectivity index (χ0v) is 6.39. The predicted octanol–water partition coefficient (Wildman–Crippen LogP) is -0.435. The van der Waals surface area contributed by atoms with Crippen molar-refractivity contribution >= 4 is 11.8 Å². The van der Waals surface area contributed by atoms with E-state index < -0.39 is 11.8 Å². The van der Waals surface area contributed by atoms with Gasteiger partial charge in [0.05, 0.1) is 0 Å². The van der Waals surface area contributed by atoms with Crippen molar-refractivity contribution in [1.82, 2.24) is 14.8 Å². The summed E-state index contributed by atoms with van der Waals surface area (Å²) in [5.74, 6) is -2.68. The minimum absolute atomic E-state index is 0.134. The van der Waals surface area contributed by atoms with Crippen LogP contribution >= 0.6 is 0 Å². The number of ketones is 1. The molecule has 0 bridgehead atoms. The molecule has 0 atom stereocenters. The van der Waals surface area contributed by atoms with E-state index in [1.165, 1.54) is 4.68 Å². The second-order valence-electron chi connectivity index (χ2n) is 2.03. The smallest absolute Gasteiger partial charge is 0.380 e. The fraction of sp³-hybridized carbons (Fsp3) is 0.333. The molecule has 0 radical (unpaired) electrons. The van der Waals surface area contributed by atoms with Crippen molar-refractivity contribution < 1.29 is 14.7 Å². The maximum Gasteiger partial charge on any atom is 0.380 e. The number of aryl methyl sites for hydroxylation is 1. The van der Waals surface area contributed by atoms with Gasteiger partial charge in [-0.25, -0.2) is 14.5 Å². The molecule has 0 aliphatic carbocycles. The molecular weight excluding hydrogens is 162 g/mol. The summed E-state index contributed by atoms with van der Waals surface area (Å²) < 4.78 is 1.23. The van der Waals surface area contributed by atoms with Gasteiger partial charge >= 0.3 is 11.8 Å². The molecule has 0 aliphatic rings. The third kappa shape index (κ3) is 1.31. The number of aliphatic carboxylic acids is 1. The topological polar surface area (TPSA) is 85.1 Å². The zero-order chi connectivity index (χ0) is 9.14. The van der Waals surface area contributed by atoms with Crippen LogP contribution in [0.2, 0.25) is 0 Å². The predicted molar refractivity (Wildman–Crippen MR) is 37.7 cm³/mol. The summed E-state index contributed by atoms with van der Waals surface area (Å²) in [5, 5.41) is 12.0. The van der Waals surface area contributed by atoms with Crippen LogP contribution in [0.4, 0.5) is 0 Å². The van der Waals surface area contributed by atoms with Gasteiger partial charge in [0.25, 0.3) is 0 Å². The van der Waals surface area contributed by atoms with E-state index >= 15 is 0 Å². The Morgan fingerprint density at radius 1 is 1.67 bits per heavy atom. The Bertz CT molecular complexity index is 318. The number of Topliss-reactive ketones (excluding diaryl/α,β-unsaturated/α-hetero) is 1. The zero-order valence-electron chi connectivity index (χ0n) is 6.39. The third-order valence-electron chi connectivity index (χ3n) is 1.31. The minimum Gasteiger partial charge on any atom is -0.475 e. The maximum absolute atomic E-state index is 10.9. The molecule has 0 amide bonds. The summed E-state index contributed by atoms with van der Waals surface area (Å²) in [6.45, 7) is 2.17. The molecule has 0 fully saturated rings. The van der Waals surface area contributed by atoms with E-state index in [-0.39, 0.29) is 5.82 Å². The highest BCUT2D eigenvalue weighted by Crippen LogP contribution is 1.95. The van der Waals surface area contributed by atoms with E-state index in [1.807, 2.05) is 0 Å². The molecule has 1 heterocycles. The highest BCUT2D eigenvalue weighted by molar-refractivity contribution is 6.38. The van der Waals surface area contributed by atoms with Crippen molar-refractivity contribution in [3.05, 3.63) is 12.2 Å². The Labute approximate surface area is 67.8 Å². The van der Waals surface area contributed by atoms with Gasteiger partial charge in [-0.2, -0.15) is 5.10 Å². The van der Waals surface area contributed by atoms with Gasteiger partial charge in [-0.3, -0.25) is 4.79 Å². The van der Waals surface area contributed by atoms with Crippen molar-refractivity contribution in [2.45, 2.75) is 13.5 Å². The average molecular weight is 169 g/mol. The van der Waals surface area contributed by atoms with Gasteiger partial charge in [-0.05, 0) is 6.92 Å². The molecule has 12 heavy (non-hydrogen) atoms. The monoisotopic (exact) mass is 169 g/mol. The summed E-state index contributed by atoms with van der Waals surface area (Å²) in [4.78, 5) is 24.6. The number of aromatic nitrogens is 3. The molecule has 0 unspecified atom stereocenters. The molecule has 0 aliphatic heterocycles. The van der Waals surface area contributed by atoms with E-state index in [2.05, 4.69) is 10.1 Å². The lowest BCUT2D eigenvalue weighted by molar-refractivity contribution is -0.131. The van der Waals surface area contributed by atoms with Crippen molar-refractivity contribution in [2.75, 3.05) is 0 Å². The molecule has 1 rings (SSSR count). The van der Waals surface area contributed by atoms with Crippen molar-refractivity contribution in [3.63, 3.8) is 0 Å². The summed E-state index contributed by atoms with van der Waals surface area (Å²) in [7, 11) is 0. The van der Waals surface area contributed by atoms with Gasteiger partial charge in [0.15, 0.2) is 0 Å². The molecule has 1 N–H and O–H groups in total. The Kier molecular flexibility index (Phi) is 2.18. The van der Waals surface area contributed by atoms with Crippen LogP contribution in [0.5, 0.6) is 0 Å². The molecule has 1 aromatic rings. The van der Waals surface area contributed by atoms with Gasteiger partial charge in [0, 0.05) is 6.54 Å². The second-order valence-corrected chi connectivity index (χ2v) is 2.03. The van der Waals surface area contributed by atoms with Gasteiger partial charge in [-0.15, -0.1) is 0 Å². The van der Waals surface area contributed by atoms with Crippen molar-refractivity contribution in [3.8, 4) is 0 Å². The van der Waals surface area contributed by atoms with E-state index in [1.54, 1.807) is 6.92 Å². The van der Waals surface area contributed by atoms with Crippen molar-refractivity contribution in [2.24, 2.45) is 0 Å². The Balaban J connectivity index is 3.02. The van der Waals surface area contributed by atoms with Gasteiger partial charge in [0.2, 0.25) is 5.82 Å². The summed E-state index contributed by atoms with van der Waals surface area (Å²) in [6, 6.07) is 0. The summed E-state index contributed by atoms with van der Waals surface area (Å²) in [6.07, 6.45) is 1.15. The fourth-order valence-corrected chi connectivity index (χ4v) is 0.767. The molecule has 0 aromatic carbocycles. The first-order valence-electron chi connectivity index (χ1n) is 3.32. The van der Waals surface area contributed by atoms with Crippen LogP contribution in [0.15, 0.2) is 6.33 Å². The molecule has 64 valence electrons. The molecular formula is C6H7N3O3. The van der Waals surface area contributed by atoms with Crippen LogP contribution in [0, 0.1) is 0 Å². The van der Waals surface area contributed by atoms with Gasteiger partial charge in [0.1, 0.15) is 6.33 Å². The third-order valence-corrected chi connectivity index (χ3v) is 1.31. The molecule has 0 spiro atoms. The lowest BCUT2D eigenvalue weighted by Crippen LogP contribution is -2.18. The number of hydrogen-bond donors (Lipinski definition) is 1. The number of carbonyl (C=O) groups excluding carboxylic acids is 1. The lowest BCUT2D eigenvalue weighted by Gasteiger charge is -1.96. The standard InChI is InChI=1S/C6H7N3O3/c1-2-9-5(7-3-8-9)4(10)6(11)12/h3H,2H2,1H3,(H,11,12). The highest BCUT2D eigenvalue weighted by Gasteiger charge is 2.20. The average Bonchev–Trinajstić information content (AvgIpc) is 2.49. The number of hydrogen-bond acceptors (Lipinski definition) is 4. The molecule has 6 nitrogen and oxygen atoms in total. The van der Waals surface area contributed by atoms with Gasteiger partial charge in [-0.1, -0.05) is 0 Å². The van der Waals surface area contributed by atoms with Crippen LogP contribution in [0.25, 0.3) is 0 Å². The first-order chi connectivity index (χ1) is 5.66. The highest BCUT2D eigenvalue weighted by atomic mass is 16.4. The molecule has 1 aromatic heterocycles. The van der Waals surface area contributed by atoms with Crippen LogP contribution in [-0.2, 0) is 11.3 Å².